The van der Waals surface area contributed by atoms with Crippen LogP contribution >= 0.6 is 0 Å². The summed E-state index contributed by atoms with van der Waals surface area (Å²) in [5.41, 5.74) is 2.19. The first-order valence-corrected chi connectivity index (χ1v) is 6.54. The molecule has 2 aromatic carbocycles. The molecule has 0 aliphatic heterocycles. The van der Waals surface area contributed by atoms with Crippen LogP contribution in [0.15, 0.2) is 60.8 Å². The molecule has 0 unspecified atom stereocenters. The van der Waals surface area contributed by atoms with E-state index in [1.807, 2.05) is 48.7 Å². The third-order valence-electron chi connectivity index (χ3n) is 3.25. The minimum absolute atomic E-state index is 0.672. The van der Waals surface area contributed by atoms with Gasteiger partial charge in [0.2, 0.25) is 0 Å². The third-order valence-corrected chi connectivity index (χ3v) is 3.25. The summed E-state index contributed by atoms with van der Waals surface area (Å²) in [6.07, 6.45) is 2.05. The van der Waals surface area contributed by atoms with Gasteiger partial charge in [-0.3, -0.25) is 0 Å². The number of rotatable bonds is 2. The van der Waals surface area contributed by atoms with Crippen molar-refractivity contribution in [3.63, 3.8) is 0 Å². The molecule has 0 aliphatic carbocycles. The molecular weight excluding hydrogens is 246 g/mol. The Hall–Kier alpha value is -2.66. The van der Waals surface area contributed by atoms with Gasteiger partial charge in [-0.1, -0.05) is 36.1 Å². The Bertz CT molecular complexity index is 775. The third kappa shape index (κ3) is 2.39. The molecule has 3 aromatic rings. The van der Waals surface area contributed by atoms with E-state index >= 15 is 0 Å². The van der Waals surface area contributed by atoms with Crippen LogP contribution in [-0.2, 0) is 6.54 Å². The summed E-state index contributed by atoms with van der Waals surface area (Å²) in [6.45, 7) is 0.672. The van der Waals surface area contributed by atoms with Gasteiger partial charge in [-0.25, -0.2) is 0 Å². The molecule has 0 saturated heterocycles. The normalized spacial score (nSPS) is 10.1. The summed E-state index contributed by atoms with van der Waals surface area (Å²) in [5.74, 6) is 7.28. The van der Waals surface area contributed by atoms with E-state index in [0.29, 0.717) is 6.54 Å². The van der Waals surface area contributed by atoms with Gasteiger partial charge in [0, 0.05) is 17.1 Å². The summed E-state index contributed by atoms with van der Waals surface area (Å²) >= 11 is 0. The zero-order chi connectivity index (χ0) is 13.8. The van der Waals surface area contributed by atoms with Gasteiger partial charge in [-0.05, 0) is 30.3 Å². The highest BCUT2D eigenvalue weighted by molar-refractivity contribution is 5.86. The van der Waals surface area contributed by atoms with Crippen LogP contribution in [0.3, 0.4) is 0 Å². The number of fused-ring (bicyclic) bond motifs is 1. The maximum absolute atomic E-state index is 5.37. The van der Waals surface area contributed by atoms with Gasteiger partial charge in [0.1, 0.15) is 5.75 Å². The van der Waals surface area contributed by atoms with Gasteiger partial charge in [-0.2, -0.15) is 0 Å². The number of hydrogen-bond acceptors (Lipinski definition) is 1. The van der Waals surface area contributed by atoms with Crippen LogP contribution in [0, 0.1) is 11.8 Å². The van der Waals surface area contributed by atoms with Crippen LogP contribution in [-0.4, -0.2) is 11.7 Å². The van der Waals surface area contributed by atoms with Gasteiger partial charge in [-0.15, -0.1) is 0 Å². The van der Waals surface area contributed by atoms with Gasteiger partial charge >= 0.3 is 0 Å². The molecule has 2 heteroatoms. The average Bonchev–Trinajstić information content (AvgIpc) is 2.92. The number of hydrogen-bond donors (Lipinski definition) is 0. The molecule has 98 valence electrons. The van der Waals surface area contributed by atoms with Crippen LogP contribution in [0.5, 0.6) is 5.75 Å². The SMILES string of the molecule is COc1cccc2c1ccn2CC#Cc1ccccc1. The monoisotopic (exact) mass is 261 g/mol. The van der Waals surface area contributed by atoms with Crippen LogP contribution in [0.25, 0.3) is 10.9 Å². The largest absolute Gasteiger partial charge is 0.496 e. The maximum Gasteiger partial charge on any atom is 0.128 e. The number of nitrogens with zero attached hydrogens (tertiary/aromatic N) is 1. The van der Waals surface area contributed by atoms with Crippen molar-refractivity contribution >= 4 is 10.9 Å². The van der Waals surface area contributed by atoms with Crippen molar-refractivity contribution in [1.82, 2.24) is 4.57 Å². The highest BCUT2D eigenvalue weighted by Crippen LogP contribution is 2.25. The lowest BCUT2D eigenvalue weighted by Gasteiger charge is -2.03. The van der Waals surface area contributed by atoms with Gasteiger partial charge in [0.15, 0.2) is 0 Å². The van der Waals surface area contributed by atoms with Gasteiger partial charge < -0.3 is 9.30 Å². The smallest absolute Gasteiger partial charge is 0.128 e. The maximum atomic E-state index is 5.37. The van der Waals surface area contributed by atoms with Crippen molar-refractivity contribution in [1.29, 1.82) is 0 Å². The molecule has 3 rings (SSSR count). The minimum atomic E-state index is 0.672. The topological polar surface area (TPSA) is 14.2 Å². The predicted molar refractivity (Wildman–Crippen MR) is 81.8 cm³/mol. The lowest BCUT2D eigenvalue weighted by molar-refractivity contribution is 0.420. The van der Waals surface area contributed by atoms with Crippen LogP contribution in [0.1, 0.15) is 5.56 Å². The number of aromatic nitrogens is 1. The minimum Gasteiger partial charge on any atom is -0.496 e. The van der Waals surface area contributed by atoms with E-state index in [4.69, 9.17) is 4.74 Å². The zero-order valence-corrected chi connectivity index (χ0v) is 11.3. The van der Waals surface area contributed by atoms with E-state index < -0.39 is 0 Å². The van der Waals surface area contributed by atoms with E-state index in [9.17, 15) is 0 Å². The molecule has 0 N–H and O–H groups in total. The van der Waals surface area contributed by atoms with E-state index in [-0.39, 0.29) is 0 Å². The molecule has 20 heavy (non-hydrogen) atoms. The van der Waals surface area contributed by atoms with E-state index in [2.05, 4.69) is 28.5 Å². The number of methoxy groups -OCH3 is 1. The first kappa shape index (κ1) is 12.4. The predicted octanol–water partition coefficient (Wildman–Crippen LogP) is 3.70. The van der Waals surface area contributed by atoms with Crippen molar-refractivity contribution < 1.29 is 4.74 Å². The fraction of sp³-hybridized carbons (Fsp3) is 0.111. The van der Waals surface area contributed by atoms with Gasteiger partial charge in [0.05, 0.1) is 19.2 Å². The fourth-order valence-corrected chi connectivity index (χ4v) is 2.26. The summed E-state index contributed by atoms with van der Waals surface area (Å²) in [7, 11) is 1.70. The molecule has 0 radical (unpaired) electrons. The van der Waals surface area contributed by atoms with Crippen molar-refractivity contribution in [2.24, 2.45) is 0 Å². The average molecular weight is 261 g/mol. The second kappa shape index (κ2) is 5.54. The van der Waals surface area contributed by atoms with Crippen molar-refractivity contribution in [2.75, 3.05) is 7.11 Å². The van der Waals surface area contributed by atoms with Crippen molar-refractivity contribution in [3.8, 4) is 17.6 Å². The molecule has 0 saturated carbocycles. The fourth-order valence-electron chi connectivity index (χ4n) is 2.26. The first-order chi connectivity index (χ1) is 9.88. The van der Waals surface area contributed by atoms with E-state index in [1.165, 1.54) is 0 Å². The van der Waals surface area contributed by atoms with Crippen molar-refractivity contribution in [3.05, 3.63) is 66.4 Å². The summed E-state index contributed by atoms with van der Waals surface area (Å²) < 4.78 is 7.50. The van der Waals surface area contributed by atoms with E-state index in [1.54, 1.807) is 7.11 Å². The molecule has 1 heterocycles. The number of benzene rings is 2. The zero-order valence-electron chi connectivity index (χ0n) is 11.3. The number of ether oxygens (including phenoxy) is 1. The standard InChI is InChI=1S/C18H15NO/c1-20-18-11-5-10-17-16(18)12-14-19(17)13-6-9-15-7-3-2-4-8-15/h2-5,7-8,10-12,14H,13H2,1H3. The Labute approximate surface area is 118 Å². The lowest BCUT2D eigenvalue weighted by Crippen LogP contribution is -1.93. The molecule has 0 amide bonds. The molecule has 0 spiro atoms. The summed E-state index contributed by atoms with van der Waals surface area (Å²) in [4.78, 5) is 0. The Balaban J connectivity index is 1.88. The second-order valence-electron chi connectivity index (χ2n) is 4.50. The summed E-state index contributed by atoms with van der Waals surface area (Å²) in [5, 5.41) is 1.12. The molecule has 2 nitrogen and oxygen atoms in total. The van der Waals surface area contributed by atoms with Crippen LogP contribution < -0.4 is 4.74 Å². The highest BCUT2D eigenvalue weighted by Gasteiger charge is 2.04. The lowest BCUT2D eigenvalue weighted by atomic mass is 10.2. The molecule has 0 atom stereocenters. The Kier molecular flexibility index (Phi) is 3.43. The molecule has 1 aromatic heterocycles. The molecule has 0 fully saturated rings. The Morgan fingerprint density at radius 2 is 1.85 bits per heavy atom. The van der Waals surface area contributed by atoms with Crippen molar-refractivity contribution in [2.45, 2.75) is 6.54 Å². The molecule has 0 aliphatic rings. The molecule has 0 bridgehead atoms. The van der Waals surface area contributed by atoms with Crippen LogP contribution in [0.4, 0.5) is 0 Å². The molecular formula is C18H15NO. The van der Waals surface area contributed by atoms with E-state index in [0.717, 1.165) is 22.2 Å². The highest BCUT2D eigenvalue weighted by atomic mass is 16.5. The second-order valence-corrected chi connectivity index (χ2v) is 4.50. The first-order valence-electron chi connectivity index (χ1n) is 6.54. The Morgan fingerprint density at radius 3 is 2.65 bits per heavy atom. The Morgan fingerprint density at radius 1 is 1.00 bits per heavy atom. The van der Waals surface area contributed by atoms with Crippen LogP contribution in [0.2, 0.25) is 0 Å². The van der Waals surface area contributed by atoms with Gasteiger partial charge in [0.25, 0.3) is 0 Å². The summed E-state index contributed by atoms with van der Waals surface area (Å²) in [6, 6.07) is 18.2. The quantitative estimate of drug-likeness (QED) is 0.642.